The quantitative estimate of drug-likeness (QED) is 0.909. The van der Waals surface area contributed by atoms with Gasteiger partial charge in [0.05, 0.1) is 19.8 Å². The summed E-state index contributed by atoms with van der Waals surface area (Å²) in [6, 6.07) is 4.49. The molecule has 5 heteroatoms. The van der Waals surface area contributed by atoms with Gasteiger partial charge in [-0.2, -0.15) is 0 Å². The van der Waals surface area contributed by atoms with Crippen LogP contribution in [0.15, 0.2) is 12.1 Å². The summed E-state index contributed by atoms with van der Waals surface area (Å²) in [6.45, 7) is 2.58. The lowest BCUT2D eigenvalue weighted by atomic mass is 9.43. The number of benzene rings is 1. The van der Waals surface area contributed by atoms with E-state index >= 15 is 0 Å². The van der Waals surface area contributed by atoms with E-state index in [1.54, 1.807) is 7.11 Å². The van der Waals surface area contributed by atoms with Crippen LogP contribution in [-0.4, -0.2) is 48.6 Å². The summed E-state index contributed by atoms with van der Waals surface area (Å²) < 4.78 is 25.4. The van der Waals surface area contributed by atoms with Crippen LogP contribution in [0.3, 0.4) is 0 Å². The van der Waals surface area contributed by atoms with E-state index in [2.05, 4.69) is 17.0 Å². The van der Waals surface area contributed by atoms with Crippen LogP contribution >= 0.6 is 0 Å². The second-order valence-corrected chi connectivity index (χ2v) is 8.65. The molecule has 0 radical (unpaired) electrons. The van der Waals surface area contributed by atoms with Crippen molar-refractivity contribution in [3.05, 3.63) is 23.3 Å². The topological polar surface area (TPSA) is 41.9 Å². The molecule has 136 valence electrons. The number of piperidine rings is 1. The zero-order chi connectivity index (χ0) is 17.2. The van der Waals surface area contributed by atoms with E-state index in [1.807, 2.05) is 0 Å². The first kappa shape index (κ1) is 15.9. The molecular formula is C20H26FNO3. The summed E-state index contributed by atoms with van der Waals surface area (Å²) in [6.07, 6.45) is 4.40. The van der Waals surface area contributed by atoms with Crippen molar-refractivity contribution < 1.29 is 19.0 Å². The highest BCUT2D eigenvalue weighted by molar-refractivity contribution is 5.50. The fourth-order valence-electron chi connectivity index (χ4n) is 5.51. The average molecular weight is 347 g/mol. The fourth-order valence-corrected chi connectivity index (χ4v) is 5.51. The molecule has 2 aliphatic heterocycles. The number of aliphatic hydroxyl groups excluding tert-OH is 1. The third-order valence-electron chi connectivity index (χ3n) is 6.75. The highest BCUT2D eigenvalue weighted by Crippen LogP contribution is 2.69. The number of hydrogen-bond donors (Lipinski definition) is 1. The lowest BCUT2D eigenvalue weighted by Crippen LogP contribution is -2.66. The van der Waals surface area contributed by atoms with Gasteiger partial charge >= 0.3 is 0 Å². The molecule has 3 saturated carbocycles. The van der Waals surface area contributed by atoms with Gasteiger partial charge in [0.15, 0.2) is 11.5 Å². The van der Waals surface area contributed by atoms with Gasteiger partial charge < -0.3 is 14.6 Å². The Balaban J connectivity index is 1.38. The Hall–Kier alpha value is -1.33. The third-order valence-corrected chi connectivity index (χ3v) is 6.75. The van der Waals surface area contributed by atoms with Crippen LogP contribution in [0.4, 0.5) is 4.39 Å². The molecule has 0 spiro atoms. The van der Waals surface area contributed by atoms with Gasteiger partial charge in [-0.25, -0.2) is 4.39 Å². The molecule has 6 rings (SSSR count). The Labute approximate surface area is 147 Å². The normalized spacial score (nSPS) is 38.8. The number of hydrogen-bond acceptors (Lipinski definition) is 4. The largest absolute Gasteiger partial charge is 0.493 e. The van der Waals surface area contributed by atoms with E-state index in [0.29, 0.717) is 25.9 Å². The van der Waals surface area contributed by atoms with Gasteiger partial charge in [-0.1, -0.05) is 0 Å². The first-order chi connectivity index (χ1) is 12.0. The third kappa shape index (κ3) is 2.47. The summed E-state index contributed by atoms with van der Waals surface area (Å²) >= 11 is 0. The van der Waals surface area contributed by atoms with Gasteiger partial charge in [-0.15, -0.1) is 0 Å². The monoisotopic (exact) mass is 347 g/mol. The minimum absolute atomic E-state index is 0.0694. The zero-order valence-corrected chi connectivity index (χ0v) is 14.8. The minimum Gasteiger partial charge on any atom is -0.493 e. The Morgan fingerprint density at radius 1 is 1.24 bits per heavy atom. The molecule has 1 aromatic carbocycles. The standard InChI is InChI=1S/C20H26FNO3/c1-24-17-8-15-13(2-4-22-5-3-14(23)7-16(15)22)6-18(17)25-12-19-9-20(21,10-19)11-19/h6,8,14,16,23H,2-5,7,9-12H2,1H3. The van der Waals surface area contributed by atoms with Crippen molar-refractivity contribution in [2.45, 2.75) is 56.3 Å². The molecule has 1 saturated heterocycles. The number of nitrogens with zero attached hydrogens (tertiary/aromatic N) is 1. The summed E-state index contributed by atoms with van der Waals surface area (Å²) in [5, 5.41) is 10.1. The molecule has 25 heavy (non-hydrogen) atoms. The first-order valence-electron chi connectivity index (χ1n) is 9.44. The Bertz CT molecular complexity index is 687. The van der Waals surface area contributed by atoms with Gasteiger partial charge in [0, 0.05) is 24.5 Å². The van der Waals surface area contributed by atoms with Crippen LogP contribution in [0.25, 0.3) is 0 Å². The molecule has 0 aromatic heterocycles. The SMILES string of the molecule is COc1cc2c(cc1OCC13CC(F)(C1)C3)CCN1CCC(O)CC21. The van der Waals surface area contributed by atoms with Crippen LogP contribution in [-0.2, 0) is 6.42 Å². The van der Waals surface area contributed by atoms with Crippen molar-refractivity contribution in [3.63, 3.8) is 0 Å². The maximum atomic E-state index is 13.7. The molecule has 5 aliphatic rings. The van der Waals surface area contributed by atoms with E-state index in [9.17, 15) is 9.50 Å². The number of rotatable bonds is 4. The summed E-state index contributed by atoms with van der Waals surface area (Å²) in [4.78, 5) is 2.47. The van der Waals surface area contributed by atoms with Crippen molar-refractivity contribution in [3.8, 4) is 11.5 Å². The van der Waals surface area contributed by atoms with E-state index < -0.39 is 5.67 Å². The predicted octanol–water partition coefficient (Wildman–Crippen LogP) is 3.02. The lowest BCUT2D eigenvalue weighted by Gasteiger charge is -2.65. The number of alkyl halides is 1. The van der Waals surface area contributed by atoms with Crippen LogP contribution < -0.4 is 9.47 Å². The Morgan fingerprint density at radius 3 is 2.76 bits per heavy atom. The molecule has 2 bridgehead atoms. The van der Waals surface area contributed by atoms with Gasteiger partial charge in [-0.05, 0) is 61.8 Å². The zero-order valence-electron chi connectivity index (χ0n) is 14.8. The first-order valence-corrected chi connectivity index (χ1v) is 9.44. The highest BCUT2D eigenvalue weighted by Gasteiger charge is 2.69. The second-order valence-electron chi connectivity index (χ2n) is 8.65. The fraction of sp³-hybridized carbons (Fsp3) is 0.700. The number of fused-ring (bicyclic) bond motifs is 3. The van der Waals surface area contributed by atoms with E-state index in [4.69, 9.17) is 9.47 Å². The van der Waals surface area contributed by atoms with Gasteiger partial charge in [0.2, 0.25) is 0 Å². The van der Waals surface area contributed by atoms with Crippen molar-refractivity contribution in [1.82, 2.24) is 4.90 Å². The molecular weight excluding hydrogens is 321 g/mol. The minimum atomic E-state index is -0.880. The Kier molecular flexibility index (Phi) is 3.39. The molecule has 0 amide bonds. The van der Waals surface area contributed by atoms with Gasteiger partial charge in [0.25, 0.3) is 0 Å². The van der Waals surface area contributed by atoms with Crippen LogP contribution in [0.5, 0.6) is 11.5 Å². The summed E-state index contributed by atoms with van der Waals surface area (Å²) in [7, 11) is 1.67. The molecule has 1 aromatic rings. The average Bonchev–Trinajstić information content (AvgIpc) is 2.55. The van der Waals surface area contributed by atoms with Crippen molar-refractivity contribution in [2.75, 3.05) is 26.8 Å². The van der Waals surface area contributed by atoms with Crippen molar-refractivity contribution >= 4 is 0 Å². The van der Waals surface area contributed by atoms with E-state index in [1.165, 1.54) is 11.1 Å². The van der Waals surface area contributed by atoms with Crippen molar-refractivity contribution in [2.24, 2.45) is 5.41 Å². The molecule has 3 aliphatic carbocycles. The van der Waals surface area contributed by atoms with E-state index in [0.717, 1.165) is 43.9 Å². The smallest absolute Gasteiger partial charge is 0.161 e. The van der Waals surface area contributed by atoms with E-state index in [-0.39, 0.29) is 17.6 Å². The lowest BCUT2D eigenvalue weighted by molar-refractivity contribution is -0.226. The number of aliphatic hydroxyl groups is 1. The molecule has 2 heterocycles. The molecule has 2 atom stereocenters. The summed E-state index contributed by atoms with van der Waals surface area (Å²) in [5.74, 6) is 1.53. The maximum Gasteiger partial charge on any atom is 0.161 e. The second kappa shape index (κ2) is 5.34. The van der Waals surface area contributed by atoms with Crippen molar-refractivity contribution in [1.29, 1.82) is 0 Å². The molecule has 1 N–H and O–H groups in total. The summed E-state index contributed by atoms with van der Waals surface area (Å²) in [5.41, 5.74) is 1.75. The Morgan fingerprint density at radius 2 is 2.04 bits per heavy atom. The molecule has 2 unspecified atom stereocenters. The highest BCUT2D eigenvalue weighted by atomic mass is 19.1. The maximum absolute atomic E-state index is 13.7. The number of ether oxygens (including phenoxy) is 2. The van der Waals surface area contributed by atoms with Crippen LogP contribution in [0, 0.1) is 5.41 Å². The van der Waals surface area contributed by atoms with Gasteiger partial charge in [-0.3, -0.25) is 4.90 Å². The predicted molar refractivity (Wildman–Crippen MR) is 91.9 cm³/mol. The molecule has 4 fully saturated rings. The number of halogens is 1. The van der Waals surface area contributed by atoms with Crippen LogP contribution in [0.1, 0.15) is 49.3 Å². The molecule has 4 nitrogen and oxygen atoms in total. The number of methoxy groups -OCH3 is 1. The van der Waals surface area contributed by atoms with Gasteiger partial charge in [0.1, 0.15) is 5.67 Å². The van der Waals surface area contributed by atoms with Crippen LogP contribution in [0.2, 0.25) is 0 Å².